The summed E-state index contributed by atoms with van der Waals surface area (Å²) in [6.45, 7) is 4.22. The predicted octanol–water partition coefficient (Wildman–Crippen LogP) is 3.64. The van der Waals surface area contributed by atoms with Crippen LogP contribution in [0.3, 0.4) is 0 Å². The summed E-state index contributed by atoms with van der Waals surface area (Å²) in [5, 5.41) is 3.15. The molecule has 1 amide bonds. The average Bonchev–Trinajstić information content (AvgIpc) is 3.14. The molecule has 25 heavy (non-hydrogen) atoms. The van der Waals surface area contributed by atoms with Crippen molar-refractivity contribution in [3.63, 3.8) is 0 Å². The minimum Gasteiger partial charge on any atom is -0.466 e. The van der Waals surface area contributed by atoms with E-state index in [-0.39, 0.29) is 11.3 Å². The van der Waals surface area contributed by atoms with Gasteiger partial charge >= 0.3 is 0 Å². The maximum absolute atomic E-state index is 12.3. The van der Waals surface area contributed by atoms with E-state index >= 15 is 0 Å². The Kier molecular flexibility index (Phi) is 5.92. The van der Waals surface area contributed by atoms with Gasteiger partial charge in [0, 0.05) is 44.4 Å². The van der Waals surface area contributed by atoms with Gasteiger partial charge in [-0.05, 0) is 30.5 Å². The second kappa shape index (κ2) is 8.34. The topological polar surface area (TPSA) is 51.5 Å². The summed E-state index contributed by atoms with van der Waals surface area (Å²) in [7, 11) is 0. The van der Waals surface area contributed by atoms with Crippen LogP contribution < -0.4 is 5.32 Å². The van der Waals surface area contributed by atoms with Gasteiger partial charge in [0.15, 0.2) is 0 Å². The summed E-state index contributed by atoms with van der Waals surface area (Å²) in [5.41, 5.74) is 1.27. The number of amides is 1. The van der Waals surface area contributed by atoms with Crippen molar-refractivity contribution in [2.24, 2.45) is 0 Å². The van der Waals surface area contributed by atoms with E-state index in [0.717, 1.165) is 44.0 Å². The maximum Gasteiger partial charge on any atom is 0.220 e. The number of carbonyl (C=O) groups is 1. The highest BCUT2D eigenvalue weighted by Gasteiger charge is 2.34. The van der Waals surface area contributed by atoms with Crippen LogP contribution in [0.15, 0.2) is 46.9 Å². The van der Waals surface area contributed by atoms with Crippen molar-refractivity contribution in [2.45, 2.75) is 44.4 Å². The summed E-state index contributed by atoms with van der Waals surface area (Å²) >= 11 is 0. The normalized spacial score (nSPS) is 16.5. The molecule has 0 atom stereocenters. The number of aryl methyl sites for hydroxylation is 2. The molecule has 1 fully saturated rings. The zero-order chi connectivity index (χ0) is 17.5. The Morgan fingerprint density at radius 2 is 1.80 bits per heavy atom. The summed E-state index contributed by atoms with van der Waals surface area (Å²) < 4.78 is 11.2. The standard InChI is InChI=1S/C21H27NO3/c1-2-18-8-9-19(25-18)10-11-20(23)22-16-21(12-14-24-15-13-21)17-6-4-3-5-7-17/h3-9H,2,10-16H2,1H3,(H,22,23). The molecule has 1 aromatic heterocycles. The van der Waals surface area contributed by atoms with Crippen molar-refractivity contribution in [2.75, 3.05) is 19.8 Å². The van der Waals surface area contributed by atoms with Crippen LogP contribution in [0.2, 0.25) is 0 Å². The van der Waals surface area contributed by atoms with E-state index in [1.54, 1.807) is 0 Å². The molecule has 0 aliphatic carbocycles. The van der Waals surface area contributed by atoms with Gasteiger partial charge in [0.25, 0.3) is 0 Å². The number of nitrogens with one attached hydrogen (secondary N) is 1. The Bertz CT molecular complexity index is 671. The minimum atomic E-state index is -0.0186. The zero-order valence-electron chi connectivity index (χ0n) is 14.9. The van der Waals surface area contributed by atoms with Crippen molar-refractivity contribution in [1.82, 2.24) is 5.32 Å². The average molecular weight is 341 g/mol. The number of benzene rings is 1. The smallest absolute Gasteiger partial charge is 0.220 e. The SMILES string of the molecule is CCc1ccc(CCC(=O)NCC2(c3ccccc3)CCOCC2)o1. The molecule has 0 saturated carbocycles. The Hall–Kier alpha value is -2.07. The third-order valence-corrected chi connectivity index (χ3v) is 5.12. The van der Waals surface area contributed by atoms with Gasteiger partial charge < -0.3 is 14.5 Å². The zero-order valence-corrected chi connectivity index (χ0v) is 14.9. The fraction of sp³-hybridized carbons (Fsp3) is 0.476. The molecule has 0 unspecified atom stereocenters. The second-order valence-corrected chi connectivity index (χ2v) is 6.76. The Morgan fingerprint density at radius 1 is 1.08 bits per heavy atom. The lowest BCUT2D eigenvalue weighted by atomic mass is 9.74. The van der Waals surface area contributed by atoms with Crippen LogP contribution in [-0.4, -0.2) is 25.7 Å². The first-order chi connectivity index (χ1) is 12.2. The van der Waals surface area contributed by atoms with Crippen molar-refractivity contribution in [3.05, 3.63) is 59.5 Å². The first kappa shape index (κ1) is 17.7. The van der Waals surface area contributed by atoms with E-state index in [0.29, 0.717) is 19.4 Å². The Morgan fingerprint density at radius 3 is 2.48 bits per heavy atom. The monoisotopic (exact) mass is 341 g/mol. The minimum absolute atomic E-state index is 0.0186. The molecule has 3 rings (SSSR count). The Labute approximate surface area is 149 Å². The van der Waals surface area contributed by atoms with Crippen molar-refractivity contribution in [3.8, 4) is 0 Å². The van der Waals surface area contributed by atoms with Crippen LogP contribution in [0.25, 0.3) is 0 Å². The van der Waals surface area contributed by atoms with E-state index in [2.05, 4.69) is 36.5 Å². The van der Waals surface area contributed by atoms with Crippen LogP contribution in [0.5, 0.6) is 0 Å². The predicted molar refractivity (Wildman–Crippen MR) is 97.6 cm³/mol. The fourth-order valence-electron chi connectivity index (χ4n) is 3.46. The third-order valence-electron chi connectivity index (χ3n) is 5.12. The molecule has 2 heterocycles. The highest BCUT2D eigenvalue weighted by molar-refractivity contribution is 5.76. The van der Waals surface area contributed by atoms with Gasteiger partial charge in [-0.3, -0.25) is 4.79 Å². The number of carbonyl (C=O) groups excluding carboxylic acids is 1. The second-order valence-electron chi connectivity index (χ2n) is 6.76. The molecule has 1 N–H and O–H groups in total. The lowest BCUT2D eigenvalue weighted by molar-refractivity contribution is -0.121. The van der Waals surface area contributed by atoms with Crippen LogP contribution in [-0.2, 0) is 27.8 Å². The van der Waals surface area contributed by atoms with Gasteiger partial charge in [-0.1, -0.05) is 37.3 Å². The van der Waals surface area contributed by atoms with Crippen LogP contribution in [0.1, 0.15) is 43.3 Å². The molecule has 4 nitrogen and oxygen atoms in total. The summed E-state index contributed by atoms with van der Waals surface area (Å²) in [6.07, 6.45) is 3.86. The summed E-state index contributed by atoms with van der Waals surface area (Å²) in [6, 6.07) is 14.4. The molecule has 1 aromatic carbocycles. The van der Waals surface area contributed by atoms with E-state index in [4.69, 9.17) is 9.15 Å². The van der Waals surface area contributed by atoms with E-state index < -0.39 is 0 Å². The van der Waals surface area contributed by atoms with Gasteiger partial charge in [-0.25, -0.2) is 0 Å². The van der Waals surface area contributed by atoms with E-state index in [9.17, 15) is 4.79 Å². The first-order valence-corrected chi connectivity index (χ1v) is 9.19. The largest absolute Gasteiger partial charge is 0.466 e. The quantitative estimate of drug-likeness (QED) is 0.836. The highest BCUT2D eigenvalue weighted by Crippen LogP contribution is 2.34. The molecule has 1 aliphatic rings. The highest BCUT2D eigenvalue weighted by atomic mass is 16.5. The van der Waals surface area contributed by atoms with Gasteiger partial charge in [0.1, 0.15) is 11.5 Å². The number of hydrogen-bond donors (Lipinski definition) is 1. The number of furan rings is 1. The molecular formula is C21H27NO3. The molecule has 134 valence electrons. The molecule has 0 radical (unpaired) electrons. The summed E-state index contributed by atoms with van der Waals surface area (Å²) in [5.74, 6) is 1.94. The van der Waals surface area contributed by atoms with E-state index in [1.165, 1.54) is 5.56 Å². The van der Waals surface area contributed by atoms with Crippen LogP contribution in [0.4, 0.5) is 0 Å². The van der Waals surface area contributed by atoms with E-state index in [1.807, 2.05) is 18.2 Å². The van der Waals surface area contributed by atoms with Gasteiger partial charge in [0.2, 0.25) is 5.91 Å². The van der Waals surface area contributed by atoms with Crippen molar-refractivity contribution >= 4 is 5.91 Å². The Balaban J connectivity index is 1.56. The van der Waals surface area contributed by atoms with Gasteiger partial charge in [-0.2, -0.15) is 0 Å². The maximum atomic E-state index is 12.3. The van der Waals surface area contributed by atoms with Crippen molar-refractivity contribution < 1.29 is 13.9 Å². The van der Waals surface area contributed by atoms with Gasteiger partial charge in [-0.15, -0.1) is 0 Å². The summed E-state index contributed by atoms with van der Waals surface area (Å²) in [4.78, 5) is 12.3. The number of rotatable bonds is 7. The van der Waals surface area contributed by atoms with Crippen molar-refractivity contribution in [1.29, 1.82) is 0 Å². The molecule has 0 bridgehead atoms. The van der Waals surface area contributed by atoms with Crippen LogP contribution in [0, 0.1) is 0 Å². The molecule has 2 aromatic rings. The lowest BCUT2D eigenvalue weighted by Gasteiger charge is -2.38. The van der Waals surface area contributed by atoms with Gasteiger partial charge in [0.05, 0.1) is 0 Å². The number of hydrogen-bond acceptors (Lipinski definition) is 3. The fourth-order valence-corrected chi connectivity index (χ4v) is 3.46. The molecule has 1 aliphatic heterocycles. The molecule has 0 spiro atoms. The third kappa shape index (κ3) is 4.51. The number of ether oxygens (including phenoxy) is 1. The first-order valence-electron chi connectivity index (χ1n) is 9.19. The molecular weight excluding hydrogens is 314 g/mol. The lowest BCUT2D eigenvalue weighted by Crippen LogP contribution is -2.44. The van der Waals surface area contributed by atoms with Crippen LogP contribution >= 0.6 is 0 Å². The molecule has 1 saturated heterocycles. The molecule has 4 heteroatoms.